The predicted molar refractivity (Wildman–Crippen MR) is 260 cm³/mol. The molecule has 1 aliphatic rings. The molecule has 0 spiro atoms. The second-order valence-corrected chi connectivity index (χ2v) is 17.9. The SMILES string of the molecule is Cc1ccnc(-c2cc(C(=O)NC(CS(=O)(=O)[O-])C(=O)NCCN(C)C(=O)CCCCCCC(=O)ON3C(=O)CCC3=O)ccn2)c1.Fc1c[c-]c(-c2ccccn2)c(F)c1.Fc1c[c-]c(-c2ccccn2)c(F)c1.[Ir]. The molecule has 0 saturated carbocycles. The van der Waals surface area contributed by atoms with Gasteiger partial charge in [-0.05, 0) is 73.1 Å². The average Bonchev–Trinajstić information content (AvgIpc) is 3.69. The van der Waals surface area contributed by atoms with Gasteiger partial charge < -0.3 is 34.9 Å². The summed E-state index contributed by atoms with van der Waals surface area (Å²) in [6.45, 7) is 1.86. The second-order valence-electron chi connectivity index (χ2n) is 16.5. The fraction of sp³-hybridized carbons (Fsp3) is 0.269. The van der Waals surface area contributed by atoms with E-state index >= 15 is 0 Å². The van der Waals surface area contributed by atoms with Gasteiger partial charge in [-0.15, -0.1) is 29.3 Å². The number of hydrogen-bond acceptors (Lipinski definition) is 14. The number of imide groups is 1. The Morgan fingerprint density at radius 3 is 1.78 bits per heavy atom. The zero-order chi connectivity index (χ0) is 54.5. The number of aryl methyl sites for hydroxylation is 1. The van der Waals surface area contributed by atoms with E-state index in [1.54, 1.807) is 67.1 Å². The molecule has 6 aromatic rings. The molecule has 0 bridgehead atoms. The molecule has 1 unspecified atom stereocenters. The van der Waals surface area contributed by atoms with Crippen LogP contribution in [0.4, 0.5) is 17.6 Å². The predicted octanol–water partition coefficient (Wildman–Crippen LogP) is 6.27. The second kappa shape index (κ2) is 30.0. The molecule has 403 valence electrons. The minimum absolute atomic E-state index is 0. The molecule has 1 fully saturated rings. The molecule has 5 amide bonds. The van der Waals surface area contributed by atoms with Gasteiger partial charge in [0.15, 0.2) is 0 Å². The Kier molecular flexibility index (Phi) is 24.1. The number of rotatable bonds is 19. The van der Waals surface area contributed by atoms with E-state index in [4.69, 9.17) is 4.84 Å². The minimum atomic E-state index is -4.91. The first-order valence-corrected chi connectivity index (χ1v) is 24.6. The van der Waals surface area contributed by atoms with Crippen LogP contribution in [-0.4, -0.2) is 110 Å². The van der Waals surface area contributed by atoms with Gasteiger partial charge in [0.2, 0.25) is 11.8 Å². The molecule has 1 aliphatic heterocycles. The van der Waals surface area contributed by atoms with Crippen LogP contribution in [0.15, 0.2) is 110 Å². The average molecular weight is 1250 g/mol. The van der Waals surface area contributed by atoms with Crippen LogP contribution in [0.25, 0.3) is 33.9 Å². The van der Waals surface area contributed by atoms with Gasteiger partial charge in [0.1, 0.15) is 6.04 Å². The molecular weight excluding hydrogens is 1200 g/mol. The van der Waals surface area contributed by atoms with Gasteiger partial charge in [0.05, 0.1) is 27.3 Å². The van der Waals surface area contributed by atoms with Gasteiger partial charge >= 0.3 is 5.97 Å². The molecule has 18 nitrogen and oxygen atoms in total. The number of nitrogens with one attached hydrogen (secondary N) is 2. The Bertz CT molecular complexity index is 2970. The van der Waals surface area contributed by atoms with E-state index in [-0.39, 0.29) is 81.5 Å². The molecule has 76 heavy (non-hydrogen) atoms. The van der Waals surface area contributed by atoms with Crippen molar-refractivity contribution in [2.24, 2.45) is 0 Å². The van der Waals surface area contributed by atoms with E-state index < -0.39 is 74.8 Å². The van der Waals surface area contributed by atoms with Crippen LogP contribution in [-0.2, 0) is 59.0 Å². The molecular formula is C52H49F4IrN8O10S-3. The van der Waals surface area contributed by atoms with Crippen molar-refractivity contribution >= 4 is 45.6 Å². The Morgan fingerprint density at radius 2 is 1.26 bits per heavy atom. The zero-order valence-electron chi connectivity index (χ0n) is 40.8. The molecule has 24 heteroatoms. The standard InChI is InChI=1S/C30H38N6O10S.2C11H6F2N.Ir/c1-20-11-13-31-22(17-20)23-18-21(12-14-32-23)29(41)34-24(19-47(43,44)45)30(42)33-15-16-35(2)25(37)7-5-3-4-6-8-28(40)46-36-26(38)9-10-27(36)39;2*12-8-4-5-9(10(13)7-8)11-3-1-2-6-14-11;/h11-14,17-18,24H,3-10,15-16,19H2,1-2H3,(H,33,42)(H,34,41)(H,43,44,45);2*1-4,6-7H;/q;2*-1;/p-1. The number of pyridine rings is 4. The molecule has 5 heterocycles. The van der Waals surface area contributed by atoms with Crippen LogP contribution in [0.1, 0.15) is 67.3 Å². The van der Waals surface area contributed by atoms with Crippen LogP contribution in [0.3, 0.4) is 0 Å². The summed E-state index contributed by atoms with van der Waals surface area (Å²) >= 11 is 0. The quantitative estimate of drug-likeness (QED) is 0.0298. The van der Waals surface area contributed by atoms with E-state index in [1.165, 1.54) is 30.3 Å². The maximum atomic E-state index is 13.2. The Labute approximate surface area is 448 Å². The fourth-order valence-electron chi connectivity index (χ4n) is 6.81. The molecule has 4 aromatic heterocycles. The fourth-order valence-corrected chi connectivity index (χ4v) is 7.45. The summed E-state index contributed by atoms with van der Waals surface area (Å²) in [5.74, 6) is -7.44. The molecule has 1 atom stereocenters. The normalized spacial score (nSPS) is 12.2. The van der Waals surface area contributed by atoms with Crippen molar-refractivity contribution < 1.29 is 84.2 Å². The van der Waals surface area contributed by atoms with Crippen molar-refractivity contribution in [3.05, 3.63) is 156 Å². The Morgan fingerprint density at radius 1 is 0.737 bits per heavy atom. The molecule has 1 saturated heterocycles. The number of amides is 5. The van der Waals surface area contributed by atoms with E-state index in [9.17, 15) is 59.3 Å². The number of unbranched alkanes of at least 4 members (excludes halogenated alkanes) is 3. The number of aromatic nitrogens is 4. The number of carbonyl (C=O) groups is 6. The van der Waals surface area contributed by atoms with E-state index in [2.05, 4.69) is 42.7 Å². The number of benzene rings is 2. The Hall–Kier alpha value is -7.66. The van der Waals surface area contributed by atoms with Crippen molar-refractivity contribution in [1.29, 1.82) is 0 Å². The maximum absolute atomic E-state index is 13.2. The summed E-state index contributed by atoms with van der Waals surface area (Å²) in [7, 11) is -3.38. The first-order chi connectivity index (χ1) is 35.8. The summed E-state index contributed by atoms with van der Waals surface area (Å²) in [4.78, 5) is 95.5. The third-order valence-corrected chi connectivity index (χ3v) is 11.4. The van der Waals surface area contributed by atoms with E-state index in [1.807, 2.05) is 6.92 Å². The van der Waals surface area contributed by atoms with E-state index in [0.717, 1.165) is 29.8 Å². The minimum Gasteiger partial charge on any atom is -0.748 e. The van der Waals surface area contributed by atoms with Crippen LogP contribution in [0, 0.1) is 42.3 Å². The van der Waals surface area contributed by atoms with Gasteiger partial charge in [0, 0.05) is 120 Å². The van der Waals surface area contributed by atoms with Gasteiger partial charge in [-0.3, -0.25) is 51.5 Å². The van der Waals surface area contributed by atoms with Crippen molar-refractivity contribution in [3.63, 3.8) is 0 Å². The molecule has 0 aliphatic carbocycles. The molecule has 1 radical (unpaired) electrons. The topological polar surface area (TPSA) is 251 Å². The summed E-state index contributed by atoms with van der Waals surface area (Å²) in [6, 6.07) is 23.7. The van der Waals surface area contributed by atoms with Gasteiger partial charge in [-0.25, -0.2) is 13.2 Å². The largest absolute Gasteiger partial charge is 0.748 e. The molecule has 2 N–H and O–H groups in total. The van der Waals surface area contributed by atoms with Crippen LogP contribution < -0.4 is 10.6 Å². The van der Waals surface area contributed by atoms with Crippen molar-refractivity contribution in [1.82, 2.24) is 40.5 Å². The van der Waals surface area contributed by atoms with Crippen LogP contribution in [0.2, 0.25) is 0 Å². The summed E-state index contributed by atoms with van der Waals surface area (Å²) in [5, 5.41) is 5.25. The monoisotopic (exact) mass is 1250 g/mol. The summed E-state index contributed by atoms with van der Waals surface area (Å²) < 4.78 is 86.1. The van der Waals surface area contributed by atoms with Gasteiger partial charge in [-0.2, -0.15) is 0 Å². The zero-order valence-corrected chi connectivity index (χ0v) is 44.0. The van der Waals surface area contributed by atoms with E-state index in [0.29, 0.717) is 53.5 Å². The number of carbonyl (C=O) groups excluding carboxylic acids is 6. The van der Waals surface area contributed by atoms with Crippen LogP contribution in [0.5, 0.6) is 0 Å². The summed E-state index contributed by atoms with van der Waals surface area (Å²) in [5.41, 5.74) is 3.14. The Balaban J connectivity index is 0.000000343. The molecule has 2 aromatic carbocycles. The number of nitrogens with zero attached hydrogens (tertiary/aromatic N) is 6. The van der Waals surface area contributed by atoms with Crippen molar-refractivity contribution in [2.75, 3.05) is 25.9 Å². The number of hydroxylamine groups is 2. The third kappa shape index (κ3) is 19.9. The summed E-state index contributed by atoms with van der Waals surface area (Å²) in [6.07, 6.45) is 8.54. The first kappa shape index (κ1) is 60.9. The molecule has 7 rings (SSSR count). The van der Waals surface area contributed by atoms with Gasteiger partial charge in [0.25, 0.3) is 17.7 Å². The third-order valence-electron chi connectivity index (χ3n) is 10.6. The number of likely N-dealkylation sites (N-methyl/N-ethyl adjacent to an activating group) is 1. The number of halogens is 4. The first-order valence-electron chi connectivity index (χ1n) is 23.1. The van der Waals surface area contributed by atoms with Crippen molar-refractivity contribution in [2.45, 2.75) is 64.3 Å². The van der Waals surface area contributed by atoms with Gasteiger partial charge in [-0.1, -0.05) is 60.4 Å². The number of hydrogen-bond donors (Lipinski definition) is 2. The smallest absolute Gasteiger partial charge is 0.333 e. The van der Waals surface area contributed by atoms with Crippen molar-refractivity contribution in [3.8, 4) is 33.9 Å². The maximum Gasteiger partial charge on any atom is 0.333 e. The van der Waals surface area contributed by atoms with Crippen LogP contribution >= 0.6 is 0 Å².